The lowest BCUT2D eigenvalue weighted by Gasteiger charge is -2.13. The highest BCUT2D eigenvalue weighted by molar-refractivity contribution is 5.06. The summed E-state index contributed by atoms with van der Waals surface area (Å²) in [6, 6.07) is 4.29. The van der Waals surface area contributed by atoms with Crippen molar-refractivity contribution in [1.82, 2.24) is 9.88 Å². The van der Waals surface area contributed by atoms with Crippen LogP contribution in [0, 0.1) is 0 Å². The molecule has 2 heterocycles. The van der Waals surface area contributed by atoms with E-state index in [0.717, 1.165) is 39.3 Å². The molecule has 1 unspecified atom stereocenters. The van der Waals surface area contributed by atoms with Crippen molar-refractivity contribution in [2.45, 2.75) is 38.5 Å². The summed E-state index contributed by atoms with van der Waals surface area (Å²) >= 11 is 0. The summed E-state index contributed by atoms with van der Waals surface area (Å²) in [6.45, 7) is 4.56. The standard InChI is InChI=1S/C14H24N2O2/c1-17-11-7-15-12-13-4-2-8-16(13)9-6-14-5-3-10-18-14/h2,4,8,14-15H,3,5-7,9-12H2,1H3. The monoisotopic (exact) mass is 252 g/mol. The summed E-state index contributed by atoms with van der Waals surface area (Å²) in [5.74, 6) is 0. The van der Waals surface area contributed by atoms with E-state index < -0.39 is 0 Å². The van der Waals surface area contributed by atoms with E-state index in [1.807, 2.05) is 0 Å². The molecule has 2 rings (SSSR count). The minimum Gasteiger partial charge on any atom is -0.383 e. The van der Waals surface area contributed by atoms with Crippen molar-refractivity contribution < 1.29 is 9.47 Å². The van der Waals surface area contributed by atoms with Crippen LogP contribution in [-0.4, -0.2) is 37.5 Å². The molecular formula is C14H24N2O2. The smallest absolute Gasteiger partial charge is 0.0593 e. The third-order valence-corrected chi connectivity index (χ3v) is 3.43. The molecule has 0 amide bonds. The first-order valence-corrected chi connectivity index (χ1v) is 6.85. The first kappa shape index (κ1) is 13.6. The van der Waals surface area contributed by atoms with Crippen LogP contribution >= 0.6 is 0 Å². The first-order valence-electron chi connectivity index (χ1n) is 6.85. The second-order valence-electron chi connectivity index (χ2n) is 4.79. The van der Waals surface area contributed by atoms with Crippen LogP contribution in [0.15, 0.2) is 18.3 Å². The van der Waals surface area contributed by atoms with Gasteiger partial charge in [0.2, 0.25) is 0 Å². The molecule has 1 N–H and O–H groups in total. The van der Waals surface area contributed by atoms with Gasteiger partial charge in [-0.15, -0.1) is 0 Å². The van der Waals surface area contributed by atoms with Gasteiger partial charge in [-0.05, 0) is 31.4 Å². The van der Waals surface area contributed by atoms with E-state index in [2.05, 4.69) is 28.2 Å². The number of aromatic nitrogens is 1. The van der Waals surface area contributed by atoms with Crippen molar-refractivity contribution in [3.8, 4) is 0 Å². The van der Waals surface area contributed by atoms with E-state index in [9.17, 15) is 0 Å². The second kappa shape index (κ2) is 7.56. The lowest BCUT2D eigenvalue weighted by atomic mass is 10.2. The summed E-state index contributed by atoms with van der Waals surface area (Å²) in [4.78, 5) is 0. The normalized spacial score (nSPS) is 19.5. The number of rotatable bonds is 8. The summed E-state index contributed by atoms with van der Waals surface area (Å²) < 4.78 is 13.0. The highest BCUT2D eigenvalue weighted by Gasteiger charge is 2.15. The number of methoxy groups -OCH3 is 1. The Hall–Kier alpha value is -0.840. The fourth-order valence-corrected chi connectivity index (χ4v) is 2.37. The van der Waals surface area contributed by atoms with E-state index in [-0.39, 0.29) is 0 Å². The van der Waals surface area contributed by atoms with Crippen LogP contribution in [0.25, 0.3) is 0 Å². The Labute approximate surface area is 109 Å². The molecule has 1 fully saturated rings. The summed E-state index contributed by atoms with van der Waals surface area (Å²) in [6.07, 6.45) is 6.20. The van der Waals surface area contributed by atoms with Gasteiger partial charge in [0, 0.05) is 45.2 Å². The van der Waals surface area contributed by atoms with Crippen molar-refractivity contribution in [2.24, 2.45) is 0 Å². The Kier molecular flexibility index (Phi) is 5.71. The lowest BCUT2D eigenvalue weighted by Crippen LogP contribution is -2.21. The Morgan fingerprint density at radius 1 is 1.56 bits per heavy atom. The summed E-state index contributed by atoms with van der Waals surface area (Å²) in [7, 11) is 1.73. The summed E-state index contributed by atoms with van der Waals surface area (Å²) in [5, 5.41) is 3.38. The SMILES string of the molecule is COCCNCc1cccn1CCC1CCCO1. The van der Waals surface area contributed by atoms with E-state index in [1.165, 1.54) is 18.5 Å². The maximum Gasteiger partial charge on any atom is 0.0593 e. The molecule has 1 aliphatic rings. The molecule has 1 atom stereocenters. The van der Waals surface area contributed by atoms with E-state index in [4.69, 9.17) is 9.47 Å². The number of hydrogen-bond acceptors (Lipinski definition) is 3. The third kappa shape index (κ3) is 4.12. The minimum atomic E-state index is 0.474. The molecule has 1 aromatic rings. The van der Waals surface area contributed by atoms with Crippen LogP contribution in [0.2, 0.25) is 0 Å². The van der Waals surface area contributed by atoms with Crippen LogP contribution in [0.1, 0.15) is 25.0 Å². The van der Waals surface area contributed by atoms with Gasteiger partial charge in [-0.25, -0.2) is 0 Å². The number of nitrogens with zero attached hydrogens (tertiary/aromatic N) is 1. The van der Waals surface area contributed by atoms with Gasteiger partial charge in [-0.2, -0.15) is 0 Å². The predicted octanol–water partition coefficient (Wildman–Crippen LogP) is 1.79. The van der Waals surface area contributed by atoms with E-state index in [1.54, 1.807) is 7.11 Å². The average molecular weight is 252 g/mol. The molecule has 0 saturated carbocycles. The molecule has 0 aromatic carbocycles. The molecule has 4 nitrogen and oxygen atoms in total. The highest BCUT2D eigenvalue weighted by Crippen LogP contribution is 2.16. The molecule has 1 aromatic heterocycles. The number of aryl methyl sites for hydroxylation is 1. The van der Waals surface area contributed by atoms with Crippen molar-refractivity contribution >= 4 is 0 Å². The van der Waals surface area contributed by atoms with Gasteiger partial charge >= 0.3 is 0 Å². The largest absolute Gasteiger partial charge is 0.383 e. The van der Waals surface area contributed by atoms with Crippen LogP contribution in [-0.2, 0) is 22.6 Å². The van der Waals surface area contributed by atoms with Gasteiger partial charge in [-0.3, -0.25) is 0 Å². The predicted molar refractivity (Wildman–Crippen MR) is 71.6 cm³/mol. The van der Waals surface area contributed by atoms with Gasteiger partial charge in [0.25, 0.3) is 0 Å². The quantitative estimate of drug-likeness (QED) is 0.717. The van der Waals surface area contributed by atoms with Gasteiger partial charge in [0.15, 0.2) is 0 Å². The van der Waals surface area contributed by atoms with Crippen LogP contribution in [0.4, 0.5) is 0 Å². The number of hydrogen-bond donors (Lipinski definition) is 1. The van der Waals surface area contributed by atoms with Gasteiger partial charge in [0.1, 0.15) is 0 Å². The van der Waals surface area contributed by atoms with Crippen molar-refractivity contribution in [3.63, 3.8) is 0 Å². The molecule has 0 radical (unpaired) electrons. The maximum atomic E-state index is 5.66. The average Bonchev–Trinajstić information content (AvgIpc) is 3.03. The van der Waals surface area contributed by atoms with Gasteiger partial charge in [-0.1, -0.05) is 0 Å². The van der Waals surface area contributed by atoms with Crippen LogP contribution in [0.3, 0.4) is 0 Å². The molecule has 4 heteroatoms. The van der Waals surface area contributed by atoms with Gasteiger partial charge < -0.3 is 19.4 Å². The molecule has 0 aliphatic carbocycles. The van der Waals surface area contributed by atoms with Crippen molar-refractivity contribution in [3.05, 3.63) is 24.0 Å². The van der Waals surface area contributed by atoms with Gasteiger partial charge in [0.05, 0.1) is 12.7 Å². The maximum absolute atomic E-state index is 5.66. The van der Waals surface area contributed by atoms with E-state index in [0.29, 0.717) is 6.10 Å². The fourth-order valence-electron chi connectivity index (χ4n) is 2.37. The molecule has 1 aliphatic heterocycles. The number of ether oxygens (including phenoxy) is 2. The molecule has 1 saturated heterocycles. The Balaban J connectivity index is 1.72. The molecule has 0 bridgehead atoms. The fraction of sp³-hybridized carbons (Fsp3) is 0.714. The third-order valence-electron chi connectivity index (χ3n) is 3.43. The molecule has 18 heavy (non-hydrogen) atoms. The Morgan fingerprint density at radius 2 is 2.50 bits per heavy atom. The molecule has 0 spiro atoms. The zero-order valence-corrected chi connectivity index (χ0v) is 11.2. The van der Waals surface area contributed by atoms with Crippen molar-refractivity contribution in [1.29, 1.82) is 0 Å². The Morgan fingerprint density at radius 3 is 3.28 bits per heavy atom. The minimum absolute atomic E-state index is 0.474. The van der Waals surface area contributed by atoms with Crippen LogP contribution in [0.5, 0.6) is 0 Å². The first-order chi connectivity index (χ1) is 8.90. The topological polar surface area (TPSA) is 35.4 Å². The zero-order chi connectivity index (χ0) is 12.6. The second-order valence-corrected chi connectivity index (χ2v) is 4.79. The Bertz CT molecular complexity index is 332. The zero-order valence-electron chi connectivity index (χ0n) is 11.2. The highest BCUT2D eigenvalue weighted by atomic mass is 16.5. The van der Waals surface area contributed by atoms with Crippen LogP contribution < -0.4 is 5.32 Å². The number of nitrogens with one attached hydrogen (secondary N) is 1. The van der Waals surface area contributed by atoms with E-state index >= 15 is 0 Å². The molecular weight excluding hydrogens is 228 g/mol. The lowest BCUT2D eigenvalue weighted by molar-refractivity contribution is 0.100. The summed E-state index contributed by atoms with van der Waals surface area (Å²) in [5.41, 5.74) is 1.34. The molecule has 102 valence electrons. The van der Waals surface area contributed by atoms with Crippen molar-refractivity contribution in [2.75, 3.05) is 26.9 Å².